The first-order chi connectivity index (χ1) is 8.19. The summed E-state index contributed by atoms with van der Waals surface area (Å²) in [5.41, 5.74) is 8.01. The summed E-state index contributed by atoms with van der Waals surface area (Å²) in [7, 11) is 0. The number of nitrogens with two attached hydrogens (primary N) is 1. The third-order valence-electron chi connectivity index (χ3n) is 2.31. The molecule has 0 saturated carbocycles. The van der Waals surface area contributed by atoms with Crippen LogP contribution in [0.3, 0.4) is 0 Å². The van der Waals surface area contributed by atoms with Crippen molar-refractivity contribution in [3.8, 4) is 6.07 Å². The van der Waals surface area contributed by atoms with Crippen LogP contribution in [-0.2, 0) is 0 Å². The van der Waals surface area contributed by atoms with Crippen LogP contribution >= 0.6 is 0 Å². The van der Waals surface area contributed by atoms with Crippen LogP contribution < -0.4 is 11.1 Å². The predicted molar refractivity (Wildman–Crippen MR) is 65.3 cm³/mol. The summed E-state index contributed by atoms with van der Waals surface area (Å²) in [6.07, 6.45) is 0. The summed E-state index contributed by atoms with van der Waals surface area (Å²) in [5, 5.41) is 11.6. The molecule has 2 aromatic rings. The van der Waals surface area contributed by atoms with E-state index >= 15 is 0 Å². The standard InChI is InChI=1S/C13H10FN3/c14-10-3-6-12(16)13(7-10)17-11-4-1-9(8-15)2-5-11/h1-7,17H,16H2. The molecule has 0 aromatic heterocycles. The maximum atomic E-state index is 13.0. The first-order valence-corrected chi connectivity index (χ1v) is 5.01. The van der Waals surface area contributed by atoms with E-state index < -0.39 is 0 Å². The molecule has 0 bridgehead atoms. The summed E-state index contributed by atoms with van der Waals surface area (Å²) in [4.78, 5) is 0. The summed E-state index contributed by atoms with van der Waals surface area (Å²) < 4.78 is 13.0. The normalized spacial score (nSPS) is 9.65. The van der Waals surface area contributed by atoms with Gasteiger partial charge in [-0.3, -0.25) is 0 Å². The van der Waals surface area contributed by atoms with Crippen molar-refractivity contribution in [1.82, 2.24) is 0 Å². The number of anilines is 3. The van der Waals surface area contributed by atoms with Gasteiger partial charge in [-0.15, -0.1) is 0 Å². The van der Waals surface area contributed by atoms with Gasteiger partial charge in [0.25, 0.3) is 0 Å². The Balaban J connectivity index is 2.25. The van der Waals surface area contributed by atoms with E-state index in [9.17, 15) is 4.39 Å². The zero-order valence-electron chi connectivity index (χ0n) is 8.94. The lowest BCUT2D eigenvalue weighted by atomic mass is 10.2. The highest BCUT2D eigenvalue weighted by Gasteiger charge is 2.01. The van der Waals surface area contributed by atoms with E-state index in [1.807, 2.05) is 6.07 Å². The molecule has 2 aromatic carbocycles. The van der Waals surface area contributed by atoms with Crippen LogP contribution in [0.4, 0.5) is 21.5 Å². The summed E-state index contributed by atoms with van der Waals surface area (Å²) in [6, 6.07) is 13.0. The molecule has 3 nitrogen and oxygen atoms in total. The molecular weight excluding hydrogens is 217 g/mol. The quantitative estimate of drug-likeness (QED) is 0.775. The highest BCUT2D eigenvalue weighted by molar-refractivity contribution is 5.72. The van der Waals surface area contributed by atoms with Crippen molar-refractivity contribution in [2.75, 3.05) is 11.1 Å². The minimum Gasteiger partial charge on any atom is -0.397 e. The Morgan fingerprint density at radius 3 is 2.47 bits per heavy atom. The molecular formula is C13H10FN3. The number of nitriles is 1. The van der Waals surface area contributed by atoms with Crippen molar-refractivity contribution >= 4 is 17.1 Å². The fraction of sp³-hybridized carbons (Fsp3) is 0. The van der Waals surface area contributed by atoms with E-state index in [1.54, 1.807) is 24.3 Å². The van der Waals surface area contributed by atoms with Crippen molar-refractivity contribution in [2.45, 2.75) is 0 Å². The Morgan fingerprint density at radius 2 is 1.82 bits per heavy atom. The fourth-order valence-corrected chi connectivity index (χ4v) is 1.42. The zero-order valence-corrected chi connectivity index (χ0v) is 8.94. The minimum absolute atomic E-state index is 0.352. The van der Waals surface area contributed by atoms with Gasteiger partial charge in [-0.05, 0) is 42.5 Å². The summed E-state index contributed by atoms with van der Waals surface area (Å²) in [5.74, 6) is -0.352. The van der Waals surface area contributed by atoms with Crippen LogP contribution in [0.25, 0.3) is 0 Å². The molecule has 0 atom stereocenters. The maximum Gasteiger partial charge on any atom is 0.125 e. The monoisotopic (exact) mass is 227 g/mol. The average molecular weight is 227 g/mol. The molecule has 0 unspecified atom stereocenters. The Kier molecular flexibility index (Phi) is 2.93. The van der Waals surface area contributed by atoms with Gasteiger partial charge < -0.3 is 11.1 Å². The van der Waals surface area contributed by atoms with Gasteiger partial charge in [-0.2, -0.15) is 5.26 Å². The summed E-state index contributed by atoms with van der Waals surface area (Å²) >= 11 is 0. The van der Waals surface area contributed by atoms with E-state index in [0.717, 1.165) is 5.69 Å². The Bertz CT molecular complexity index is 570. The molecule has 0 heterocycles. The molecule has 0 amide bonds. The van der Waals surface area contributed by atoms with E-state index in [1.165, 1.54) is 18.2 Å². The van der Waals surface area contributed by atoms with Crippen molar-refractivity contribution < 1.29 is 4.39 Å². The van der Waals surface area contributed by atoms with Gasteiger partial charge in [0.05, 0.1) is 23.0 Å². The third kappa shape index (κ3) is 2.52. The molecule has 2 rings (SSSR count). The second-order valence-corrected chi connectivity index (χ2v) is 3.55. The van der Waals surface area contributed by atoms with Gasteiger partial charge in [0.1, 0.15) is 5.82 Å². The van der Waals surface area contributed by atoms with Crippen molar-refractivity contribution in [3.05, 3.63) is 53.8 Å². The van der Waals surface area contributed by atoms with Crippen LogP contribution in [0.5, 0.6) is 0 Å². The molecule has 0 radical (unpaired) electrons. The maximum absolute atomic E-state index is 13.0. The lowest BCUT2D eigenvalue weighted by molar-refractivity contribution is 0.628. The second kappa shape index (κ2) is 4.54. The van der Waals surface area contributed by atoms with Gasteiger partial charge in [-0.25, -0.2) is 4.39 Å². The van der Waals surface area contributed by atoms with Gasteiger partial charge in [0.2, 0.25) is 0 Å². The van der Waals surface area contributed by atoms with Gasteiger partial charge in [0.15, 0.2) is 0 Å². The Labute approximate surface area is 98.3 Å². The lowest BCUT2D eigenvalue weighted by Gasteiger charge is -2.09. The number of halogens is 1. The zero-order chi connectivity index (χ0) is 12.3. The first-order valence-electron chi connectivity index (χ1n) is 5.01. The van der Waals surface area contributed by atoms with Crippen molar-refractivity contribution in [1.29, 1.82) is 5.26 Å². The average Bonchev–Trinajstić information content (AvgIpc) is 2.35. The van der Waals surface area contributed by atoms with Crippen LogP contribution in [0.15, 0.2) is 42.5 Å². The number of hydrogen-bond acceptors (Lipinski definition) is 3. The fourth-order valence-electron chi connectivity index (χ4n) is 1.42. The van der Waals surface area contributed by atoms with E-state index in [4.69, 9.17) is 11.0 Å². The number of nitrogens with one attached hydrogen (secondary N) is 1. The molecule has 0 spiro atoms. The van der Waals surface area contributed by atoms with Crippen molar-refractivity contribution in [2.24, 2.45) is 0 Å². The van der Waals surface area contributed by atoms with Crippen LogP contribution in [0.1, 0.15) is 5.56 Å². The van der Waals surface area contributed by atoms with Gasteiger partial charge in [0, 0.05) is 5.69 Å². The molecule has 0 fully saturated rings. The molecule has 0 aliphatic rings. The van der Waals surface area contributed by atoms with Crippen LogP contribution in [0, 0.1) is 17.1 Å². The molecule has 17 heavy (non-hydrogen) atoms. The molecule has 4 heteroatoms. The number of rotatable bonds is 2. The molecule has 0 aliphatic heterocycles. The number of hydrogen-bond donors (Lipinski definition) is 2. The largest absolute Gasteiger partial charge is 0.397 e. The topological polar surface area (TPSA) is 61.8 Å². The molecule has 84 valence electrons. The van der Waals surface area contributed by atoms with E-state index in [-0.39, 0.29) is 5.82 Å². The van der Waals surface area contributed by atoms with Crippen molar-refractivity contribution in [3.63, 3.8) is 0 Å². The predicted octanol–water partition coefficient (Wildman–Crippen LogP) is 3.02. The smallest absolute Gasteiger partial charge is 0.125 e. The molecule has 0 saturated heterocycles. The van der Waals surface area contributed by atoms with Gasteiger partial charge in [-0.1, -0.05) is 0 Å². The first kappa shape index (κ1) is 11.0. The third-order valence-corrected chi connectivity index (χ3v) is 2.31. The van der Waals surface area contributed by atoms with Gasteiger partial charge >= 0.3 is 0 Å². The van der Waals surface area contributed by atoms with Crippen LogP contribution in [-0.4, -0.2) is 0 Å². The second-order valence-electron chi connectivity index (χ2n) is 3.55. The summed E-state index contributed by atoms with van der Waals surface area (Å²) in [6.45, 7) is 0. The Morgan fingerprint density at radius 1 is 1.12 bits per heavy atom. The molecule has 0 aliphatic carbocycles. The minimum atomic E-state index is -0.352. The van der Waals surface area contributed by atoms with E-state index in [2.05, 4.69) is 5.32 Å². The van der Waals surface area contributed by atoms with Crippen LogP contribution in [0.2, 0.25) is 0 Å². The highest BCUT2D eigenvalue weighted by Crippen LogP contribution is 2.23. The Hall–Kier alpha value is -2.54. The number of nitrogens with zero attached hydrogens (tertiary/aromatic N) is 1. The number of benzene rings is 2. The lowest BCUT2D eigenvalue weighted by Crippen LogP contribution is -1.96. The van der Waals surface area contributed by atoms with E-state index in [0.29, 0.717) is 16.9 Å². The highest BCUT2D eigenvalue weighted by atomic mass is 19.1. The number of nitrogen functional groups attached to an aromatic ring is 1. The SMILES string of the molecule is N#Cc1ccc(Nc2cc(F)ccc2N)cc1. The molecule has 3 N–H and O–H groups in total.